The van der Waals surface area contributed by atoms with Crippen molar-refractivity contribution in [1.29, 1.82) is 0 Å². The quantitative estimate of drug-likeness (QED) is 0.707. The van der Waals surface area contributed by atoms with E-state index in [2.05, 4.69) is 15.9 Å². The van der Waals surface area contributed by atoms with Crippen LogP contribution in [0.15, 0.2) is 28.7 Å². The van der Waals surface area contributed by atoms with Crippen LogP contribution in [0.2, 0.25) is 0 Å². The Labute approximate surface area is 167 Å². The predicted molar refractivity (Wildman–Crippen MR) is 107 cm³/mol. The van der Waals surface area contributed by atoms with E-state index in [1.165, 1.54) is 0 Å². The molecular formula is C19H25BrN2O3S. The number of carbonyl (C=O) groups is 2. The summed E-state index contributed by atoms with van der Waals surface area (Å²) in [6.07, 6.45) is -0.123. The highest BCUT2D eigenvalue weighted by Gasteiger charge is 2.41. The van der Waals surface area contributed by atoms with Gasteiger partial charge in [-0.05, 0) is 17.7 Å². The Hall–Kier alpha value is -1.05. The van der Waals surface area contributed by atoms with Gasteiger partial charge in [0.1, 0.15) is 12.1 Å². The maximum Gasteiger partial charge on any atom is 0.246 e. The first kappa shape index (κ1) is 19.7. The summed E-state index contributed by atoms with van der Waals surface area (Å²) >= 11 is 5.09. The Kier molecular flexibility index (Phi) is 5.99. The smallest absolute Gasteiger partial charge is 0.246 e. The van der Waals surface area contributed by atoms with Gasteiger partial charge in [0, 0.05) is 22.2 Å². The van der Waals surface area contributed by atoms with Gasteiger partial charge in [0.05, 0.1) is 19.0 Å². The number of ether oxygens (including phenoxy) is 1. The highest BCUT2D eigenvalue weighted by atomic mass is 79.9. The Morgan fingerprint density at radius 3 is 2.58 bits per heavy atom. The van der Waals surface area contributed by atoms with Crippen LogP contribution in [-0.4, -0.2) is 59.0 Å². The minimum absolute atomic E-state index is 0.0398. The van der Waals surface area contributed by atoms with Crippen molar-refractivity contribution in [2.45, 2.75) is 32.9 Å². The summed E-state index contributed by atoms with van der Waals surface area (Å²) in [5.41, 5.74) is 0.586. The maximum atomic E-state index is 13.1. The van der Waals surface area contributed by atoms with Crippen molar-refractivity contribution in [2.24, 2.45) is 5.41 Å². The first-order valence-electron chi connectivity index (χ1n) is 8.82. The van der Waals surface area contributed by atoms with Crippen molar-refractivity contribution < 1.29 is 14.3 Å². The molecule has 3 rings (SSSR count). The van der Waals surface area contributed by atoms with Gasteiger partial charge in [0.15, 0.2) is 0 Å². The average molecular weight is 441 g/mol. The normalized spacial score (nSPS) is 24.0. The van der Waals surface area contributed by atoms with Crippen LogP contribution in [0.25, 0.3) is 0 Å². The molecule has 1 aromatic carbocycles. The van der Waals surface area contributed by atoms with E-state index in [1.807, 2.05) is 49.9 Å². The van der Waals surface area contributed by atoms with Crippen molar-refractivity contribution in [2.75, 3.05) is 31.3 Å². The van der Waals surface area contributed by atoms with E-state index in [1.54, 1.807) is 16.7 Å². The number of benzene rings is 1. The summed E-state index contributed by atoms with van der Waals surface area (Å²) in [7, 11) is 0. The Bertz CT molecular complexity index is 674. The molecule has 0 N–H and O–H groups in total. The van der Waals surface area contributed by atoms with E-state index >= 15 is 0 Å². The summed E-state index contributed by atoms with van der Waals surface area (Å²) in [6, 6.07) is 7.64. The van der Waals surface area contributed by atoms with Crippen LogP contribution in [0.4, 0.5) is 0 Å². The van der Waals surface area contributed by atoms with Crippen LogP contribution in [0.3, 0.4) is 0 Å². The van der Waals surface area contributed by atoms with Crippen LogP contribution in [0, 0.1) is 5.41 Å². The molecule has 7 heteroatoms. The van der Waals surface area contributed by atoms with Gasteiger partial charge in [0.25, 0.3) is 0 Å². The molecule has 1 aromatic rings. The Morgan fingerprint density at radius 2 is 1.92 bits per heavy atom. The largest absolute Gasteiger partial charge is 0.370 e. The molecule has 2 fully saturated rings. The molecule has 0 aromatic heterocycles. The number of hydrogen-bond donors (Lipinski definition) is 0. The minimum Gasteiger partial charge on any atom is -0.370 e. The summed E-state index contributed by atoms with van der Waals surface area (Å²) in [6.45, 7) is 7.32. The third kappa shape index (κ3) is 4.26. The topological polar surface area (TPSA) is 49.9 Å². The first-order chi connectivity index (χ1) is 12.3. The number of nitrogens with zero attached hydrogens (tertiary/aromatic N) is 2. The SMILES string of the molecule is CC(C)(C)C(=O)N1CSCC1C(=O)N1CCOC(c2ccc(Br)cc2)C1. The lowest BCUT2D eigenvalue weighted by molar-refractivity contribution is -0.151. The lowest BCUT2D eigenvalue weighted by Crippen LogP contribution is -2.54. The zero-order valence-electron chi connectivity index (χ0n) is 15.4. The van der Waals surface area contributed by atoms with E-state index in [0.717, 1.165) is 10.0 Å². The van der Waals surface area contributed by atoms with Crippen LogP contribution < -0.4 is 0 Å². The van der Waals surface area contributed by atoms with Crippen LogP contribution in [0.1, 0.15) is 32.4 Å². The van der Waals surface area contributed by atoms with Crippen LogP contribution >= 0.6 is 27.7 Å². The monoisotopic (exact) mass is 440 g/mol. The Balaban J connectivity index is 1.70. The van der Waals surface area contributed by atoms with Gasteiger partial charge in [-0.25, -0.2) is 0 Å². The Morgan fingerprint density at radius 1 is 1.23 bits per heavy atom. The van der Waals surface area contributed by atoms with Gasteiger partial charge in [-0.2, -0.15) is 0 Å². The van der Waals surface area contributed by atoms with Crippen molar-refractivity contribution in [3.8, 4) is 0 Å². The molecular weight excluding hydrogens is 416 g/mol. The standard InChI is InChI=1S/C19H25BrN2O3S/c1-19(2,3)18(24)22-12-26-11-15(22)17(23)21-8-9-25-16(10-21)13-4-6-14(20)7-5-13/h4-7,15-16H,8-12H2,1-3H3. The summed E-state index contributed by atoms with van der Waals surface area (Å²) in [5.74, 6) is 1.34. The molecule has 2 aliphatic heterocycles. The van der Waals surface area contributed by atoms with Gasteiger partial charge in [-0.3, -0.25) is 9.59 Å². The second-order valence-corrected chi connectivity index (χ2v) is 9.65. The molecule has 2 amide bonds. The number of amides is 2. The second kappa shape index (κ2) is 7.90. The average Bonchev–Trinajstić information content (AvgIpc) is 3.09. The van der Waals surface area contributed by atoms with Gasteiger partial charge in [0.2, 0.25) is 11.8 Å². The first-order valence-corrected chi connectivity index (χ1v) is 10.8. The summed E-state index contributed by atoms with van der Waals surface area (Å²) < 4.78 is 6.90. The van der Waals surface area contributed by atoms with Gasteiger partial charge in [-0.1, -0.05) is 48.8 Å². The molecule has 26 heavy (non-hydrogen) atoms. The fourth-order valence-corrected chi connectivity index (χ4v) is 4.63. The highest BCUT2D eigenvalue weighted by Crippen LogP contribution is 2.30. The van der Waals surface area contributed by atoms with Gasteiger partial charge in [-0.15, -0.1) is 11.8 Å². The molecule has 0 radical (unpaired) electrons. The van der Waals surface area contributed by atoms with E-state index in [0.29, 0.717) is 31.3 Å². The molecule has 2 atom stereocenters. The van der Waals surface area contributed by atoms with E-state index < -0.39 is 5.41 Å². The highest BCUT2D eigenvalue weighted by molar-refractivity contribution is 9.10. The molecule has 142 valence electrons. The number of rotatable bonds is 2. The zero-order valence-corrected chi connectivity index (χ0v) is 17.8. The zero-order chi connectivity index (χ0) is 18.9. The van der Waals surface area contributed by atoms with E-state index in [-0.39, 0.29) is 24.0 Å². The molecule has 2 unspecified atom stereocenters. The van der Waals surface area contributed by atoms with Crippen molar-refractivity contribution in [3.05, 3.63) is 34.3 Å². The third-order valence-corrected chi connectivity index (χ3v) is 6.23. The lowest BCUT2D eigenvalue weighted by atomic mass is 9.94. The number of morpholine rings is 1. The second-order valence-electron chi connectivity index (χ2n) is 7.74. The predicted octanol–water partition coefficient (Wildman–Crippen LogP) is 3.30. The number of thioether (sulfide) groups is 1. The van der Waals surface area contributed by atoms with Gasteiger partial charge < -0.3 is 14.5 Å². The molecule has 2 heterocycles. The number of carbonyl (C=O) groups excluding carboxylic acids is 2. The number of hydrogen-bond acceptors (Lipinski definition) is 4. The molecule has 5 nitrogen and oxygen atoms in total. The fraction of sp³-hybridized carbons (Fsp3) is 0.579. The van der Waals surface area contributed by atoms with E-state index in [9.17, 15) is 9.59 Å². The molecule has 0 saturated carbocycles. The number of halogens is 1. The van der Waals surface area contributed by atoms with Crippen LogP contribution in [0.5, 0.6) is 0 Å². The van der Waals surface area contributed by atoms with Crippen LogP contribution in [-0.2, 0) is 14.3 Å². The van der Waals surface area contributed by atoms with Crippen molar-refractivity contribution >= 4 is 39.5 Å². The molecule has 2 saturated heterocycles. The van der Waals surface area contributed by atoms with Gasteiger partial charge >= 0.3 is 0 Å². The molecule has 0 spiro atoms. The molecule has 2 aliphatic rings. The molecule has 0 aliphatic carbocycles. The minimum atomic E-state index is -0.478. The molecule has 0 bridgehead atoms. The third-order valence-electron chi connectivity index (χ3n) is 4.69. The lowest BCUT2D eigenvalue weighted by Gasteiger charge is -2.37. The summed E-state index contributed by atoms with van der Waals surface area (Å²) in [5, 5.41) is 0. The van der Waals surface area contributed by atoms with E-state index in [4.69, 9.17) is 4.74 Å². The summed E-state index contributed by atoms with van der Waals surface area (Å²) in [4.78, 5) is 29.4. The van der Waals surface area contributed by atoms with Crippen molar-refractivity contribution in [1.82, 2.24) is 9.80 Å². The maximum absolute atomic E-state index is 13.1. The van der Waals surface area contributed by atoms with Crippen molar-refractivity contribution in [3.63, 3.8) is 0 Å². The fourth-order valence-electron chi connectivity index (χ4n) is 3.22.